The minimum atomic E-state index is 0.423. The van der Waals surface area contributed by atoms with Crippen LogP contribution in [0.5, 0.6) is 0 Å². The van der Waals surface area contributed by atoms with E-state index in [9.17, 15) is 0 Å². The number of benzene rings is 1. The number of nitrogens with two attached hydrogens (primary N) is 1. The first-order valence-electron chi connectivity index (χ1n) is 4.78. The first kappa shape index (κ1) is 9.66. The molecule has 1 saturated heterocycles. The van der Waals surface area contributed by atoms with Gasteiger partial charge in [0.2, 0.25) is 0 Å². The van der Waals surface area contributed by atoms with E-state index in [1.54, 1.807) is 0 Å². The van der Waals surface area contributed by atoms with E-state index in [4.69, 9.17) is 17.3 Å². The average molecular weight is 211 g/mol. The van der Waals surface area contributed by atoms with Gasteiger partial charge in [0.05, 0.1) is 11.4 Å². The number of rotatable bonds is 1. The van der Waals surface area contributed by atoms with Gasteiger partial charge in [0.1, 0.15) is 0 Å². The van der Waals surface area contributed by atoms with Crippen LogP contribution in [0.15, 0.2) is 18.2 Å². The van der Waals surface area contributed by atoms with E-state index < -0.39 is 0 Å². The van der Waals surface area contributed by atoms with Crippen LogP contribution in [0, 0.1) is 5.41 Å². The molecule has 3 heteroatoms. The summed E-state index contributed by atoms with van der Waals surface area (Å²) in [6.07, 6.45) is 0. The lowest BCUT2D eigenvalue weighted by Gasteiger charge is -2.47. The molecule has 2 N–H and O–H groups in total. The van der Waals surface area contributed by atoms with Crippen molar-refractivity contribution in [2.45, 2.75) is 13.8 Å². The lowest BCUT2D eigenvalue weighted by molar-refractivity contribution is 0.277. The summed E-state index contributed by atoms with van der Waals surface area (Å²) in [7, 11) is 0. The zero-order valence-electron chi connectivity index (χ0n) is 8.55. The second-order valence-corrected chi connectivity index (χ2v) is 5.16. The molecule has 1 aromatic carbocycles. The lowest BCUT2D eigenvalue weighted by Crippen LogP contribution is -2.53. The second-order valence-electron chi connectivity index (χ2n) is 4.72. The molecule has 0 aromatic heterocycles. The molecule has 0 atom stereocenters. The van der Waals surface area contributed by atoms with Gasteiger partial charge in [-0.3, -0.25) is 0 Å². The summed E-state index contributed by atoms with van der Waals surface area (Å²) in [6, 6.07) is 5.69. The van der Waals surface area contributed by atoms with Crippen LogP contribution in [0.3, 0.4) is 0 Å². The van der Waals surface area contributed by atoms with E-state index in [-0.39, 0.29) is 0 Å². The number of hydrogen-bond acceptors (Lipinski definition) is 2. The van der Waals surface area contributed by atoms with Crippen molar-refractivity contribution in [3.8, 4) is 0 Å². The maximum absolute atomic E-state index is 5.89. The van der Waals surface area contributed by atoms with Crippen molar-refractivity contribution in [3.63, 3.8) is 0 Å². The zero-order valence-corrected chi connectivity index (χ0v) is 9.30. The second kappa shape index (κ2) is 3.06. The molecule has 0 aliphatic carbocycles. The van der Waals surface area contributed by atoms with Gasteiger partial charge in [-0.2, -0.15) is 0 Å². The Morgan fingerprint density at radius 2 is 2.00 bits per heavy atom. The number of nitrogens with zero attached hydrogens (tertiary/aromatic N) is 1. The minimum absolute atomic E-state index is 0.423. The Kier molecular flexibility index (Phi) is 2.11. The summed E-state index contributed by atoms with van der Waals surface area (Å²) in [5.41, 5.74) is 8.19. The summed E-state index contributed by atoms with van der Waals surface area (Å²) in [4.78, 5) is 2.28. The Morgan fingerprint density at radius 1 is 1.36 bits per heavy atom. The number of nitrogen functional groups attached to an aromatic ring is 1. The van der Waals surface area contributed by atoms with E-state index in [0.29, 0.717) is 10.4 Å². The molecule has 2 nitrogen and oxygen atoms in total. The summed E-state index contributed by atoms with van der Waals surface area (Å²) in [6.45, 7) is 6.66. The van der Waals surface area contributed by atoms with Crippen molar-refractivity contribution in [2.24, 2.45) is 5.41 Å². The molecule has 0 amide bonds. The molecule has 0 spiro atoms. The zero-order chi connectivity index (χ0) is 10.3. The number of halogens is 1. The summed E-state index contributed by atoms with van der Waals surface area (Å²) >= 11 is 5.84. The number of anilines is 2. The molecule has 2 rings (SSSR count). The monoisotopic (exact) mass is 210 g/mol. The molecular weight excluding hydrogens is 196 g/mol. The molecule has 1 heterocycles. The Balaban J connectivity index is 2.19. The standard InChI is InChI=1S/C11H15ClN2/c1-11(2)6-14(7-11)10-4-3-8(12)5-9(10)13/h3-5H,6-7,13H2,1-2H3. The Bertz CT molecular complexity index is 352. The fraction of sp³-hybridized carbons (Fsp3) is 0.455. The SMILES string of the molecule is CC1(C)CN(c2ccc(Cl)cc2N)C1. The van der Waals surface area contributed by atoms with Gasteiger partial charge >= 0.3 is 0 Å². The van der Waals surface area contributed by atoms with Gasteiger partial charge in [0.15, 0.2) is 0 Å². The van der Waals surface area contributed by atoms with E-state index in [2.05, 4.69) is 18.7 Å². The molecule has 0 radical (unpaired) electrons. The predicted octanol–water partition coefficient (Wildman–Crippen LogP) is 2.77. The number of hydrogen-bond donors (Lipinski definition) is 1. The van der Waals surface area contributed by atoms with Crippen LogP contribution in [0.25, 0.3) is 0 Å². The molecule has 0 bridgehead atoms. The summed E-state index contributed by atoms with van der Waals surface area (Å²) < 4.78 is 0. The highest BCUT2D eigenvalue weighted by Crippen LogP contribution is 2.37. The fourth-order valence-electron chi connectivity index (χ4n) is 1.97. The van der Waals surface area contributed by atoms with Crippen molar-refractivity contribution in [3.05, 3.63) is 23.2 Å². The topological polar surface area (TPSA) is 29.3 Å². The van der Waals surface area contributed by atoms with Crippen LogP contribution in [0.2, 0.25) is 5.02 Å². The van der Waals surface area contributed by atoms with Gasteiger partial charge < -0.3 is 10.6 Å². The highest BCUT2D eigenvalue weighted by Gasteiger charge is 2.34. The highest BCUT2D eigenvalue weighted by molar-refractivity contribution is 6.31. The first-order chi connectivity index (χ1) is 6.48. The van der Waals surface area contributed by atoms with Crippen LogP contribution in [0.4, 0.5) is 11.4 Å². The molecule has 1 fully saturated rings. The van der Waals surface area contributed by atoms with Crippen LogP contribution in [-0.2, 0) is 0 Å². The molecule has 1 aliphatic heterocycles. The molecular formula is C11H15ClN2. The third-order valence-electron chi connectivity index (χ3n) is 2.57. The lowest BCUT2D eigenvalue weighted by atomic mass is 9.84. The van der Waals surface area contributed by atoms with Gasteiger partial charge in [0.25, 0.3) is 0 Å². The molecule has 1 aromatic rings. The fourth-order valence-corrected chi connectivity index (χ4v) is 2.15. The smallest absolute Gasteiger partial charge is 0.0601 e. The van der Waals surface area contributed by atoms with Crippen LogP contribution in [-0.4, -0.2) is 13.1 Å². The molecule has 76 valence electrons. The van der Waals surface area contributed by atoms with E-state index >= 15 is 0 Å². The Labute approximate surface area is 89.7 Å². The average Bonchev–Trinajstić information content (AvgIpc) is 2.00. The Hall–Kier alpha value is -0.890. The van der Waals surface area contributed by atoms with Gasteiger partial charge in [-0.05, 0) is 23.6 Å². The van der Waals surface area contributed by atoms with E-state index in [0.717, 1.165) is 24.5 Å². The highest BCUT2D eigenvalue weighted by atomic mass is 35.5. The van der Waals surface area contributed by atoms with Gasteiger partial charge in [-0.25, -0.2) is 0 Å². The van der Waals surface area contributed by atoms with Gasteiger partial charge in [0, 0.05) is 18.1 Å². The van der Waals surface area contributed by atoms with Crippen LogP contribution >= 0.6 is 11.6 Å². The van der Waals surface area contributed by atoms with Crippen molar-refractivity contribution in [1.29, 1.82) is 0 Å². The Morgan fingerprint density at radius 3 is 2.50 bits per heavy atom. The quantitative estimate of drug-likeness (QED) is 0.723. The van der Waals surface area contributed by atoms with Crippen molar-refractivity contribution >= 4 is 23.0 Å². The van der Waals surface area contributed by atoms with Crippen molar-refractivity contribution < 1.29 is 0 Å². The molecule has 0 saturated carbocycles. The first-order valence-corrected chi connectivity index (χ1v) is 5.16. The molecule has 0 unspecified atom stereocenters. The van der Waals surface area contributed by atoms with Crippen LogP contribution < -0.4 is 10.6 Å². The van der Waals surface area contributed by atoms with Crippen molar-refractivity contribution in [1.82, 2.24) is 0 Å². The van der Waals surface area contributed by atoms with Gasteiger partial charge in [-0.15, -0.1) is 0 Å². The van der Waals surface area contributed by atoms with Crippen LogP contribution in [0.1, 0.15) is 13.8 Å². The normalized spacial score (nSPS) is 19.2. The maximum atomic E-state index is 5.89. The van der Waals surface area contributed by atoms with E-state index in [1.165, 1.54) is 0 Å². The largest absolute Gasteiger partial charge is 0.397 e. The van der Waals surface area contributed by atoms with Crippen molar-refractivity contribution in [2.75, 3.05) is 23.7 Å². The van der Waals surface area contributed by atoms with E-state index in [1.807, 2.05) is 18.2 Å². The third kappa shape index (κ3) is 1.67. The predicted molar refractivity (Wildman–Crippen MR) is 61.9 cm³/mol. The summed E-state index contributed by atoms with van der Waals surface area (Å²) in [5, 5.41) is 0.700. The minimum Gasteiger partial charge on any atom is -0.397 e. The maximum Gasteiger partial charge on any atom is 0.0601 e. The molecule has 14 heavy (non-hydrogen) atoms. The third-order valence-corrected chi connectivity index (χ3v) is 2.80. The van der Waals surface area contributed by atoms with Gasteiger partial charge in [-0.1, -0.05) is 25.4 Å². The molecule has 1 aliphatic rings. The summed E-state index contributed by atoms with van der Waals surface area (Å²) in [5.74, 6) is 0.